The van der Waals surface area contributed by atoms with Crippen molar-refractivity contribution in [1.82, 2.24) is 0 Å². The van der Waals surface area contributed by atoms with Gasteiger partial charge in [0.25, 0.3) is 10.1 Å². The molecule has 0 spiro atoms. The maximum atomic E-state index is 12.9. The smallest absolute Gasteiger partial charge is 0.297 e. The highest BCUT2D eigenvalue weighted by atomic mass is 32.2. The number of aliphatic hydroxyl groups excluding tert-OH is 1. The van der Waals surface area contributed by atoms with Crippen molar-refractivity contribution >= 4 is 26.8 Å². The topological polar surface area (TPSA) is 101 Å². The van der Waals surface area contributed by atoms with Crippen LogP contribution in [-0.4, -0.2) is 82.0 Å². The van der Waals surface area contributed by atoms with E-state index >= 15 is 0 Å². The molecule has 0 saturated carbocycles. The summed E-state index contributed by atoms with van der Waals surface area (Å²) in [5.41, 5.74) is 1.00. The molecule has 1 aromatic rings. The molecule has 0 aliphatic heterocycles. The molecule has 428 valence electrons. The molecule has 72 heavy (non-hydrogen) atoms. The van der Waals surface area contributed by atoms with Crippen LogP contribution < -0.4 is 0 Å². The molecule has 0 unspecified atom stereocenters. The number of unbranched alkanes of at least 4 members (excludes halogenated alkanes) is 30. The lowest BCUT2D eigenvalue weighted by Gasteiger charge is -2.37. The molecule has 11 heteroatoms. The van der Waals surface area contributed by atoms with E-state index in [2.05, 4.69) is 81.6 Å². The molecular formula is C61H122O8SSi2. The molecule has 0 fully saturated rings. The van der Waals surface area contributed by atoms with Crippen LogP contribution in [0.2, 0.25) is 36.3 Å². The molecule has 1 N–H and O–H groups in total. The predicted octanol–water partition coefficient (Wildman–Crippen LogP) is 19.0. The van der Waals surface area contributed by atoms with Crippen LogP contribution in [-0.2, 0) is 32.6 Å². The molecule has 2 atom stereocenters. The average Bonchev–Trinajstić information content (AvgIpc) is 3.31. The zero-order valence-electron chi connectivity index (χ0n) is 50.0. The van der Waals surface area contributed by atoms with Gasteiger partial charge in [-0.05, 0) is 68.2 Å². The van der Waals surface area contributed by atoms with Gasteiger partial charge in [0.15, 0.2) is 16.6 Å². The van der Waals surface area contributed by atoms with Gasteiger partial charge in [-0.25, -0.2) is 0 Å². The van der Waals surface area contributed by atoms with E-state index < -0.39 is 39.0 Å². The third-order valence-electron chi connectivity index (χ3n) is 15.3. The SMILES string of the molecule is CCCCCCCCCCCCCCCCCCOC[C@@H](CO[Si](C)(C)C(C)(C)C)OS(=O)(=O)c1ccc(C)cc1.CCCCCCCCCCCCCCCCCCOC[C@H](O)CO[Si](C)(C)C(C)(C)C. The van der Waals surface area contributed by atoms with Crippen molar-refractivity contribution in [3.63, 3.8) is 0 Å². The fraction of sp³-hybridized carbons (Fsp3) is 0.902. The number of aryl methyl sites for hydroxylation is 1. The zero-order valence-corrected chi connectivity index (χ0v) is 52.9. The molecule has 0 aromatic heterocycles. The van der Waals surface area contributed by atoms with Gasteiger partial charge >= 0.3 is 0 Å². The fourth-order valence-electron chi connectivity index (χ4n) is 8.07. The Bertz CT molecular complexity index is 1460. The van der Waals surface area contributed by atoms with Crippen molar-refractivity contribution in [2.45, 2.75) is 321 Å². The minimum Gasteiger partial charge on any atom is -0.414 e. The van der Waals surface area contributed by atoms with Gasteiger partial charge in [0.2, 0.25) is 0 Å². The summed E-state index contributed by atoms with van der Waals surface area (Å²) in [6.45, 7) is 31.0. The van der Waals surface area contributed by atoms with E-state index in [-0.39, 0.29) is 28.2 Å². The van der Waals surface area contributed by atoms with E-state index in [0.717, 1.165) is 31.4 Å². The molecule has 0 saturated heterocycles. The van der Waals surface area contributed by atoms with Crippen LogP contribution in [0.15, 0.2) is 29.2 Å². The highest BCUT2D eigenvalue weighted by Crippen LogP contribution is 2.37. The van der Waals surface area contributed by atoms with Crippen LogP contribution in [0.1, 0.15) is 266 Å². The summed E-state index contributed by atoms with van der Waals surface area (Å²) in [5.74, 6) is 0. The number of rotatable bonds is 47. The minimum atomic E-state index is -3.90. The standard InChI is InChI=1S/C34H64O5SSi.C27H58O3Si/c1-8-9-10-11-12-13-14-15-16-17-18-19-20-21-22-23-28-37-29-32(30-38-41(6,7)34(3,4)5)39-40(35,36)33-26-24-31(2)25-27-33;1-7-8-9-10-11-12-13-14-15-16-17-18-19-20-21-22-23-29-24-26(28)25-30-31(5,6)27(2,3)4/h24-27,32H,8-23,28-30H2,1-7H3;26,28H,7-25H2,1-6H3/t32-;26-/m00/s1. The number of hydrogen-bond acceptors (Lipinski definition) is 8. The Morgan fingerprint density at radius 2 is 0.736 bits per heavy atom. The maximum Gasteiger partial charge on any atom is 0.297 e. The van der Waals surface area contributed by atoms with Crippen molar-refractivity contribution in [3.8, 4) is 0 Å². The van der Waals surface area contributed by atoms with Crippen LogP contribution in [0.4, 0.5) is 0 Å². The van der Waals surface area contributed by atoms with Crippen LogP contribution in [0.3, 0.4) is 0 Å². The number of aliphatic hydroxyl groups is 1. The average molecular weight is 1070 g/mol. The Kier molecular flexibility index (Phi) is 43.0. The van der Waals surface area contributed by atoms with Gasteiger partial charge in [0.1, 0.15) is 6.10 Å². The van der Waals surface area contributed by atoms with Gasteiger partial charge in [-0.3, -0.25) is 4.18 Å². The molecule has 1 aromatic carbocycles. The number of ether oxygens (including phenoxy) is 2. The Morgan fingerprint density at radius 3 is 1.06 bits per heavy atom. The first-order valence-electron chi connectivity index (χ1n) is 30.2. The van der Waals surface area contributed by atoms with Gasteiger partial charge in [0, 0.05) is 13.2 Å². The quantitative estimate of drug-likeness (QED) is 0.0391. The van der Waals surface area contributed by atoms with Gasteiger partial charge in [-0.1, -0.05) is 266 Å². The second kappa shape index (κ2) is 43.4. The molecule has 8 nitrogen and oxygen atoms in total. The largest absolute Gasteiger partial charge is 0.414 e. The number of hydrogen-bond donors (Lipinski definition) is 1. The lowest BCUT2D eigenvalue weighted by molar-refractivity contribution is 0.00808. The second-order valence-corrected chi connectivity index (χ2v) is 35.7. The summed E-state index contributed by atoms with van der Waals surface area (Å²) in [6, 6.07) is 6.75. The van der Waals surface area contributed by atoms with Crippen LogP contribution in [0.5, 0.6) is 0 Å². The second-order valence-electron chi connectivity index (χ2n) is 24.5. The summed E-state index contributed by atoms with van der Waals surface area (Å²) in [4.78, 5) is 0.165. The van der Waals surface area contributed by atoms with E-state index in [9.17, 15) is 13.5 Å². The Balaban J connectivity index is 0.00000146. The van der Waals surface area contributed by atoms with E-state index in [1.807, 2.05) is 6.92 Å². The first-order valence-corrected chi connectivity index (χ1v) is 37.4. The van der Waals surface area contributed by atoms with Crippen molar-refractivity contribution < 1.29 is 36.0 Å². The molecule has 0 amide bonds. The molecule has 1 rings (SSSR count). The van der Waals surface area contributed by atoms with E-state index in [1.54, 1.807) is 24.3 Å². The minimum absolute atomic E-state index is 0.0296. The Hall–Kier alpha value is -0.636. The molecule has 0 bridgehead atoms. The van der Waals surface area contributed by atoms with Gasteiger partial charge in [-0.15, -0.1) is 0 Å². The Labute approximate surface area is 451 Å². The van der Waals surface area contributed by atoms with Crippen molar-refractivity contribution in [3.05, 3.63) is 29.8 Å². The normalized spacial score (nSPS) is 13.6. The first kappa shape index (κ1) is 71.4. The number of benzene rings is 1. The lowest BCUT2D eigenvalue weighted by Crippen LogP contribution is -2.44. The van der Waals surface area contributed by atoms with Crippen LogP contribution >= 0.6 is 0 Å². The summed E-state index contributed by atoms with van der Waals surface area (Å²) in [7, 11) is -7.73. The third-order valence-corrected chi connectivity index (χ3v) is 25.7. The highest BCUT2D eigenvalue weighted by molar-refractivity contribution is 7.86. The monoisotopic (exact) mass is 1070 g/mol. The maximum absolute atomic E-state index is 12.9. The third kappa shape index (κ3) is 39.7. The molecule has 0 aliphatic carbocycles. The van der Waals surface area contributed by atoms with E-state index in [4.69, 9.17) is 22.5 Å². The highest BCUT2D eigenvalue weighted by Gasteiger charge is 2.39. The van der Waals surface area contributed by atoms with E-state index in [1.165, 1.54) is 186 Å². The molecule has 0 radical (unpaired) electrons. The Morgan fingerprint density at radius 1 is 0.444 bits per heavy atom. The van der Waals surface area contributed by atoms with Crippen LogP contribution in [0.25, 0.3) is 0 Å². The summed E-state index contributed by atoms with van der Waals surface area (Å²) in [5, 5.41) is 10.3. The van der Waals surface area contributed by atoms with Crippen LogP contribution in [0, 0.1) is 6.92 Å². The van der Waals surface area contributed by atoms with Gasteiger partial charge in [-0.2, -0.15) is 8.42 Å². The van der Waals surface area contributed by atoms with Gasteiger partial charge in [0.05, 0.1) is 37.4 Å². The lowest BCUT2D eigenvalue weighted by atomic mass is 10.0. The summed E-state index contributed by atoms with van der Waals surface area (Å²) >= 11 is 0. The molecular weight excluding hydrogens is 949 g/mol. The van der Waals surface area contributed by atoms with E-state index in [0.29, 0.717) is 19.8 Å². The molecule has 0 heterocycles. The van der Waals surface area contributed by atoms with Crippen molar-refractivity contribution in [2.75, 3.05) is 39.6 Å². The zero-order chi connectivity index (χ0) is 54.0. The first-order chi connectivity index (χ1) is 34.1. The summed E-state index contributed by atoms with van der Waals surface area (Å²) < 4.78 is 55.5. The fourth-order valence-corrected chi connectivity index (χ4v) is 11.2. The summed E-state index contributed by atoms with van der Waals surface area (Å²) in [6.07, 6.45) is 42.3. The molecule has 0 aliphatic rings. The van der Waals surface area contributed by atoms with Gasteiger partial charge < -0.3 is 23.4 Å². The predicted molar refractivity (Wildman–Crippen MR) is 316 cm³/mol. The van der Waals surface area contributed by atoms with Crippen molar-refractivity contribution in [2.24, 2.45) is 0 Å². The van der Waals surface area contributed by atoms with Crippen molar-refractivity contribution in [1.29, 1.82) is 0 Å².